The third kappa shape index (κ3) is 2.22. The van der Waals surface area contributed by atoms with Crippen molar-refractivity contribution in [1.82, 2.24) is 15.1 Å². The smallest absolute Gasteiger partial charge is 0.317 e. The predicted octanol–water partition coefficient (Wildman–Crippen LogP) is 3.64. The molecule has 5 nitrogen and oxygen atoms in total. The molecule has 5 unspecified atom stereocenters. The lowest BCUT2D eigenvalue weighted by Crippen LogP contribution is -2.70. The molecule has 8 rings (SSSR count). The molecule has 0 aromatic heterocycles. The quantitative estimate of drug-likeness (QED) is 0.765. The van der Waals surface area contributed by atoms with Crippen LogP contribution in [0.2, 0.25) is 0 Å². The van der Waals surface area contributed by atoms with Gasteiger partial charge in [-0.1, -0.05) is 6.07 Å². The van der Waals surface area contributed by atoms with E-state index in [-0.39, 0.29) is 11.4 Å². The van der Waals surface area contributed by atoms with E-state index < -0.39 is 0 Å². The molecule has 2 heterocycles. The lowest BCUT2D eigenvalue weighted by Gasteiger charge is -2.66. The molecule has 2 N–H and O–H groups in total. The molecule has 2 saturated heterocycles. The van der Waals surface area contributed by atoms with Crippen molar-refractivity contribution in [3.05, 3.63) is 29.3 Å². The number of nitrogens with one attached hydrogen (secondary N) is 1. The van der Waals surface area contributed by atoms with E-state index in [4.69, 9.17) is 0 Å². The molecule has 5 aliphatic carbocycles. The first kappa shape index (κ1) is 18.7. The van der Waals surface area contributed by atoms with E-state index in [0.717, 1.165) is 31.7 Å². The van der Waals surface area contributed by atoms with Gasteiger partial charge in [0.05, 0.1) is 0 Å². The van der Waals surface area contributed by atoms with Crippen molar-refractivity contribution in [3.8, 4) is 5.75 Å². The summed E-state index contributed by atoms with van der Waals surface area (Å²) in [7, 11) is 0. The largest absolute Gasteiger partial charge is 0.508 e. The number of fused-ring (bicyclic) bond motifs is 1. The zero-order chi connectivity index (χ0) is 21.2. The SMILES string of the molecule is O=C(NC1CC1)N1C[C@H]2CC34CCC1C2C31CCN(CC2CC2)C4Cc2ccc(O)cc21. The zero-order valence-corrected chi connectivity index (χ0v) is 18.9. The normalized spacial score (nSPS) is 43.7. The summed E-state index contributed by atoms with van der Waals surface area (Å²) in [5, 5.41) is 13.8. The molecule has 0 spiro atoms. The molecule has 4 bridgehead atoms. The van der Waals surface area contributed by atoms with Crippen molar-refractivity contribution in [2.75, 3.05) is 19.6 Å². The van der Waals surface area contributed by atoms with Gasteiger partial charge in [-0.3, -0.25) is 4.90 Å². The number of carbonyl (C=O) groups is 1. The molecule has 1 aromatic carbocycles. The Kier molecular flexibility index (Phi) is 3.51. The number of rotatable bonds is 3. The zero-order valence-electron chi connectivity index (χ0n) is 18.9. The van der Waals surface area contributed by atoms with Crippen LogP contribution in [0.4, 0.5) is 4.79 Å². The van der Waals surface area contributed by atoms with E-state index in [2.05, 4.69) is 27.2 Å². The molecule has 2 amide bonds. The summed E-state index contributed by atoms with van der Waals surface area (Å²) in [4.78, 5) is 18.3. The molecular formula is C27H35N3O2. The van der Waals surface area contributed by atoms with Crippen LogP contribution < -0.4 is 5.32 Å². The van der Waals surface area contributed by atoms with Gasteiger partial charge in [0, 0.05) is 36.6 Å². The van der Waals surface area contributed by atoms with E-state index in [1.807, 2.05) is 6.07 Å². The predicted molar refractivity (Wildman–Crippen MR) is 122 cm³/mol. The number of amides is 2. The van der Waals surface area contributed by atoms with Crippen LogP contribution in [0.5, 0.6) is 5.75 Å². The Hall–Kier alpha value is -1.75. The Morgan fingerprint density at radius 3 is 2.84 bits per heavy atom. The van der Waals surface area contributed by atoms with E-state index in [1.165, 1.54) is 62.7 Å². The van der Waals surface area contributed by atoms with Gasteiger partial charge in [-0.2, -0.15) is 0 Å². The Bertz CT molecular complexity index is 1000. The Labute approximate surface area is 190 Å². The van der Waals surface area contributed by atoms with Crippen molar-refractivity contribution in [3.63, 3.8) is 0 Å². The van der Waals surface area contributed by atoms with Gasteiger partial charge < -0.3 is 15.3 Å². The molecule has 5 heteroatoms. The van der Waals surface area contributed by atoms with Gasteiger partial charge in [0.25, 0.3) is 0 Å². The number of aromatic hydroxyl groups is 1. The third-order valence-corrected chi connectivity index (χ3v) is 10.9. The number of nitrogens with zero attached hydrogens (tertiary/aromatic N) is 2. The molecule has 32 heavy (non-hydrogen) atoms. The monoisotopic (exact) mass is 433 g/mol. The number of benzene rings is 1. The van der Waals surface area contributed by atoms with E-state index in [9.17, 15) is 9.90 Å². The van der Waals surface area contributed by atoms with E-state index >= 15 is 0 Å². The Morgan fingerprint density at radius 2 is 2.03 bits per heavy atom. The highest BCUT2D eigenvalue weighted by Gasteiger charge is 2.76. The summed E-state index contributed by atoms with van der Waals surface area (Å²) >= 11 is 0. The average molecular weight is 434 g/mol. The van der Waals surface area contributed by atoms with Crippen LogP contribution in [0.25, 0.3) is 0 Å². The van der Waals surface area contributed by atoms with E-state index in [1.54, 1.807) is 0 Å². The molecule has 6 atom stereocenters. The fraction of sp³-hybridized carbons (Fsp3) is 0.741. The van der Waals surface area contributed by atoms with Crippen molar-refractivity contribution < 1.29 is 9.90 Å². The topological polar surface area (TPSA) is 55.8 Å². The minimum absolute atomic E-state index is 0.145. The van der Waals surface area contributed by atoms with Gasteiger partial charge in [0.1, 0.15) is 5.75 Å². The number of likely N-dealkylation sites (tertiary alicyclic amines) is 2. The van der Waals surface area contributed by atoms with Crippen LogP contribution in [0.1, 0.15) is 62.5 Å². The molecule has 2 aliphatic heterocycles. The van der Waals surface area contributed by atoms with Crippen LogP contribution in [0, 0.1) is 23.2 Å². The fourth-order valence-corrected chi connectivity index (χ4v) is 9.66. The van der Waals surface area contributed by atoms with Gasteiger partial charge in [-0.25, -0.2) is 4.79 Å². The Balaban J connectivity index is 1.25. The van der Waals surface area contributed by atoms with Gasteiger partial charge in [-0.05, 0) is 111 Å². The number of piperidine rings is 1. The standard InChI is InChI=1S/C27H35N3O2/c31-20-6-3-17-11-23-26-8-7-22-24(18(13-26)15-30(22)25(32)28-19-4-5-19)27(26,21(17)12-20)9-10-29(23)14-16-1-2-16/h3,6,12,16,18-19,22-24,31H,1-2,4-5,7-11,13-15H2,(H,28,32)/t18-,22?,23?,24?,26?,27?/m1/s1. The molecule has 170 valence electrons. The maximum atomic E-state index is 13.2. The van der Waals surface area contributed by atoms with Crippen LogP contribution in [0.15, 0.2) is 18.2 Å². The summed E-state index contributed by atoms with van der Waals surface area (Å²) in [5.74, 6) is 2.53. The Morgan fingerprint density at radius 1 is 1.16 bits per heavy atom. The van der Waals surface area contributed by atoms with Crippen LogP contribution >= 0.6 is 0 Å². The van der Waals surface area contributed by atoms with Gasteiger partial charge in [-0.15, -0.1) is 0 Å². The second-order valence-corrected chi connectivity index (χ2v) is 12.3. The minimum Gasteiger partial charge on any atom is -0.508 e. The summed E-state index contributed by atoms with van der Waals surface area (Å²) in [6.07, 6.45) is 11.2. The fourth-order valence-electron chi connectivity index (χ4n) is 9.66. The first-order valence-corrected chi connectivity index (χ1v) is 13.2. The molecule has 6 fully saturated rings. The van der Waals surface area contributed by atoms with Gasteiger partial charge >= 0.3 is 6.03 Å². The van der Waals surface area contributed by atoms with Gasteiger partial charge in [0.2, 0.25) is 0 Å². The maximum absolute atomic E-state index is 13.2. The maximum Gasteiger partial charge on any atom is 0.317 e. The lowest BCUT2D eigenvalue weighted by atomic mass is 9.43. The highest BCUT2D eigenvalue weighted by molar-refractivity contribution is 5.76. The van der Waals surface area contributed by atoms with Crippen molar-refractivity contribution >= 4 is 6.03 Å². The number of phenolic OH excluding ortho intramolecular Hbond substituents is 1. The molecule has 4 saturated carbocycles. The minimum atomic E-state index is 0.145. The summed E-state index contributed by atoms with van der Waals surface area (Å²) in [6, 6.07) is 7.90. The van der Waals surface area contributed by atoms with Crippen molar-refractivity contribution in [1.29, 1.82) is 0 Å². The molecule has 0 radical (unpaired) electrons. The lowest BCUT2D eigenvalue weighted by molar-refractivity contribution is -0.101. The molecular weight excluding hydrogens is 398 g/mol. The third-order valence-electron chi connectivity index (χ3n) is 10.9. The van der Waals surface area contributed by atoms with Crippen molar-refractivity contribution in [2.45, 2.75) is 81.3 Å². The number of hydrogen-bond donors (Lipinski definition) is 2. The second-order valence-electron chi connectivity index (χ2n) is 12.3. The number of hydrogen-bond acceptors (Lipinski definition) is 3. The van der Waals surface area contributed by atoms with Gasteiger partial charge in [0.15, 0.2) is 0 Å². The second kappa shape index (κ2) is 6.02. The summed E-state index contributed by atoms with van der Waals surface area (Å²) < 4.78 is 0. The summed E-state index contributed by atoms with van der Waals surface area (Å²) in [6.45, 7) is 3.44. The summed E-state index contributed by atoms with van der Waals surface area (Å²) in [5.41, 5.74) is 3.42. The first-order valence-electron chi connectivity index (χ1n) is 13.2. The molecule has 7 aliphatic rings. The number of carbonyl (C=O) groups excluding carboxylic acids is 1. The van der Waals surface area contributed by atoms with Crippen LogP contribution in [0.3, 0.4) is 0 Å². The average Bonchev–Trinajstić information content (AvgIpc) is 3.69. The number of urea groups is 1. The first-order chi connectivity index (χ1) is 15.6. The van der Waals surface area contributed by atoms with Crippen LogP contribution in [-0.4, -0.2) is 58.7 Å². The number of phenols is 1. The highest BCUT2D eigenvalue weighted by Crippen LogP contribution is 2.75. The highest BCUT2D eigenvalue weighted by atomic mass is 16.3. The van der Waals surface area contributed by atoms with Crippen LogP contribution in [-0.2, 0) is 11.8 Å². The van der Waals surface area contributed by atoms with Crippen molar-refractivity contribution in [2.24, 2.45) is 23.2 Å². The van der Waals surface area contributed by atoms with E-state index in [0.29, 0.717) is 41.1 Å². The molecule has 1 aromatic rings.